The zero-order chi connectivity index (χ0) is 23.3. The first kappa shape index (κ1) is 19.3. The highest BCUT2D eigenvalue weighted by atomic mass is 15.0. The molecule has 1 nitrogen and oxygen atoms in total. The van der Waals surface area contributed by atoms with Gasteiger partial charge in [-0.2, -0.15) is 0 Å². The number of benzene rings is 5. The first-order valence-corrected chi connectivity index (χ1v) is 12.5. The monoisotopic (exact) mass is 445 g/mol. The molecule has 3 heterocycles. The van der Waals surface area contributed by atoms with Crippen molar-refractivity contribution in [3.8, 4) is 16.8 Å². The third-order valence-electron chi connectivity index (χ3n) is 8.44. The van der Waals surface area contributed by atoms with Crippen molar-refractivity contribution in [2.75, 3.05) is 0 Å². The van der Waals surface area contributed by atoms with E-state index >= 15 is 0 Å². The summed E-state index contributed by atoms with van der Waals surface area (Å²) in [5, 5.41) is 2.69. The topological polar surface area (TPSA) is 4.93 Å². The van der Waals surface area contributed by atoms with Crippen molar-refractivity contribution >= 4 is 44.9 Å². The second-order valence-electron chi connectivity index (χ2n) is 10.5. The Bertz CT molecular complexity index is 1820. The number of hydrogen-bond acceptors (Lipinski definition) is 0. The van der Waals surface area contributed by atoms with Crippen molar-refractivity contribution in [2.45, 2.75) is 19.3 Å². The maximum atomic E-state index is 2.53. The number of rotatable bonds is 1. The van der Waals surface area contributed by atoms with Crippen LogP contribution in [-0.4, -0.2) is 11.3 Å². The van der Waals surface area contributed by atoms with Gasteiger partial charge in [0.05, 0.1) is 5.52 Å². The Balaban J connectivity index is 1.58. The maximum absolute atomic E-state index is 2.53. The van der Waals surface area contributed by atoms with Crippen molar-refractivity contribution < 1.29 is 0 Å². The average Bonchev–Trinajstić information content (AvgIpc) is 3.24. The molecule has 0 bridgehead atoms. The van der Waals surface area contributed by atoms with Gasteiger partial charge in [0.1, 0.15) is 0 Å². The van der Waals surface area contributed by atoms with E-state index in [2.05, 4.69) is 128 Å². The summed E-state index contributed by atoms with van der Waals surface area (Å²) in [4.78, 5) is 0. The van der Waals surface area contributed by atoms with Crippen LogP contribution in [0.4, 0.5) is 0 Å². The molecule has 2 heteroatoms. The highest BCUT2D eigenvalue weighted by Crippen LogP contribution is 2.43. The molecule has 1 aromatic heterocycles. The van der Waals surface area contributed by atoms with Gasteiger partial charge in [-0.25, -0.2) is 0 Å². The van der Waals surface area contributed by atoms with Crippen LogP contribution in [0.25, 0.3) is 38.6 Å². The van der Waals surface area contributed by atoms with Gasteiger partial charge in [0, 0.05) is 27.4 Å². The Labute approximate surface area is 205 Å². The van der Waals surface area contributed by atoms with Gasteiger partial charge in [-0.05, 0) is 45.3 Å². The van der Waals surface area contributed by atoms with Crippen LogP contribution in [0.1, 0.15) is 25.0 Å². The van der Waals surface area contributed by atoms with Crippen LogP contribution in [0.15, 0.2) is 109 Å². The second-order valence-corrected chi connectivity index (χ2v) is 10.5. The molecule has 0 amide bonds. The molecule has 0 aliphatic carbocycles. The van der Waals surface area contributed by atoms with Gasteiger partial charge in [0.15, 0.2) is 0 Å². The third-order valence-corrected chi connectivity index (χ3v) is 8.44. The van der Waals surface area contributed by atoms with E-state index in [1.807, 2.05) is 0 Å². The zero-order valence-electron chi connectivity index (χ0n) is 19.9. The number of para-hydroxylation sites is 2. The van der Waals surface area contributed by atoms with E-state index < -0.39 is 0 Å². The molecule has 0 N–H and O–H groups in total. The standard InChI is InChI=1S/C33H24BN/c1-33(2)25-20-19-24-23-13-6-8-17-28(23)35-29-18-9-7-15-26(29)34(31(25)32(24)35)27-16-10-14-22(30(27)33)21-11-4-3-5-12-21/h3-20H,1-2H3. The van der Waals surface area contributed by atoms with Gasteiger partial charge in [-0.1, -0.05) is 116 Å². The first-order chi connectivity index (χ1) is 17.2. The fourth-order valence-electron chi connectivity index (χ4n) is 7.09. The van der Waals surface area contributed by atoms with E-state index in [1.54, 1.807) is 0 Å². The van der Waals surface area contributed by atoms with Crippen molar-refractivity contribution in [1.29, 1.82) is 0 Å². The minimum absolute atomic E-state index is 0.116. The minimum Gasteiger partial charge on any atom is -0.310 e. The lowest BCUT2D eigenvalue weighted by Crippen LogP contribution is -2.63. The van der Waals surface area contributed by atoms with Crippen LogP contribution in [0.3, 0.4) is 0 Å². The molecule has 0 saturated carbocycles. The van der Waals surface area contributed by atoms with Crippen molar-refractivity contribution in [3.05, 3.63) is 120 Å². The molecule has 8 rings (SSSR count). The van der Waals surface area contributed by atoms with Crippen LogP contribution in [-0.2, 0) is 5.41 Å². The molecule has 164 valence electrons. The van der Waals surface area contributed by atoms with Crippen LogP contribution in [0, 0.1) is 0 Å². The normalized spacial score (nSPS) is 14.7. The summed E-state index contributed by atoms with van der Waals surface area (Å²) in [6, 6.07) is 40.5. The second kappa shape index (κ2) is 6.55. The summed E-state index contributed by atoms with van der Waals surface area (Å²) in [5.74, 6) is 0. The molecule has 6 aromatic rings. The van der Waals surface area contributed by atoms with Crippen LogP contribution in [0.5, 0.6) is 0 Å². The van der Waals surface area contributed by atoms with Crippen molar-refractivity contribution in [1.82, 2.24) is 4.57 Å². The molecule has 0 radical (unpaired) electrons. The highest BCUT2D eigenvalue weighted by molar-refractivity contribution is 6.99. The summed E-state index contributed by atoms with van der Waals surface area (Å²) in [6.45, 7) is 5.06. The quantitative estimate of drug-likeness (QED) is 0.277. The molecule has 0 unspecified atom stereocenters. The number of aromatic nitrogens is 1. The zero-order valence-corrected chi connectivity index (χ0v) is 19.9. The molecular formula is C33H24BN. The van der Waals surface area contributed by atoms with E-state index in [4.69, 9.17) is 0 Å². The lowest BCUT2D eigenvalue weighted by Gasteiger charge is -2.42. The summed E-state index contributed by atoms with van der Waals surface area (Å²) in [5.41, 5.74) is 13.8. The molecule has 35 heavy (non-hydrogen) atoms. The number of hydrogen-bond donors (Lipinski definition) is 0. The van der Waals surface area contributed by atoms with Crippen molar-refractivity contribution in [3.63, 3.8) is 0 Å². The fraction of sp³-hybridized carbons (Fsp3) is 0.0909. The highest BCUT2D eigenvalue weighted by Gasteiger charge is 2.45. The first-order valence-electron chi connectivity index (χ1n) is 12.5. The Morgan fingerprint density at radius 2 is 1.37 bits per heavy atom. The van der Waals surface area contributed by atoms with E-state index in [1.165, 1.54) is 66.1 Å². The number of nitrogens with zero attached hydrogens (tertiary/aromatic N) is 1. The summed E-state index contributed by atoms with van der Waals surface area (Å²) in [7, 11) is 0. The molecule has 2 aliphatic rings. The summed E-state index contributed by atoms with van der Waals surface area (Å²) < 4.78 is 2.53. The van der Waals surface area contributed by atoms with E-state index in [0.717, 1.165) is 0 Å². The molecule has 2 aliphatic heterocycles. The summed E-state index contributed by atoms with van der Waals surface area (Å²) in [6.07, 6.45) is 0. The van der Waals surface area contributed by atoms with Crippen LogP contribution < -0.4 is 16.4 Å². The Kier molecular flexibility index (Phi) is 3.61. The Morgan fingerprint density at radius 3 is 2.26 bits per heavy atom. The van der Waals surface area contributed by atoms with E-state index in [-0.39, 0.29) is 12.1 Å². The third kappa shape index (κ3) is 2.30. The molecule has 0 saturated heterocycles. The van der Waals surface area contributed by atoms with Crippen LogP contribution >= 0.6 is 0 Å². The molecule has 0 fully saturated rings. The number of fused-ring (bicyclic) bond motifs is 8. The molecule has 5 aromatic carbocycles. The summed E-state index contributed by atoms with van der Waals surface area (Å²) >= 11 is 0. The van der Waals surface area contributed by atoms with Crippen LogP contribution in [0.2, 0.25) is 0 Å². The predicted octanol–water partition coefficient (Wildman–Crippen LogP) is 5.92. The van der Waals surface area contributed by atoms with E-state index in [0.29, 0.717) is 0 Å². The van der Waals surface area contributed by atoms with E-state index in [9.17, 15) is 0 Å². The molecular weight excluding hydrogens is 421 g/mol. The van der Waals surface area contributed by atoms with Gasteiger partial charge in [-0.3, -0.25) is 0 Å². The minimum atomic E-state index is -0.116. The predicted molar refractivity (Wildman–Crippen MR) is 149 cm³/mol. The average molecular weight is 445 g/mol. The lowest BCUT2D eigenvalue weighted by atomic mass is 9.30. The lowest BCUT2D eigenvalue weighted by molar-refractivity contribution is 0.648. The SMILES string of the molecule is CC1(C)c2ccc3c4ccccc4n4c3c2B(c2ccccc2-4)c2cccc(-c3ccccc3)c21. The van der Waals surface area contributed by atoms with Gasteiger partial charge >= 0.3 is 0 Å². The van der Waals surface area contributed by atoms with Gasteiger partial charge in [-0.15, -0.1) is 0 Å². The molecule has 0 spiro atoms. The maximum Gasteiger partial charge on any atom is 0.247 e. The van der Waals surface area contributed by atoms with Gasteiger partial charge in [0.2, 0.25) is 6.71 Å². The fourth-order valence-corrected chi connectivity index (χ4v) is 7.09. The van der Waals surface area contributed by atoms with Gasteiger partial charge < -0.3 is 4.57 Å². The Morgan fingerprint density at radius 1 is 0.629 bits per heavy atom. The largest absolute Gasteiger partial charge is 0.310 e. The smallest absolute Gasteiger partial charge is 0.247 e. The van der Waals surface area contributed by atoms with Crippen molar-refractivity contribution in [2.24, 2.45) is 0 Å². The van der Waals surface area contributed by atoms with Gasteiger partial charge in [0.25, 0.3) is 0 Å². The molecule has 0 atom stereocenters. The Hall–Kier alpha value is -4.04.